The smallest absolute Gasteiger partial charge is 0.287 e. The molecule has 4 rings (SSSR count). The fourth-order valence-electron chi connectivity index (χ4n) is 4.79. The van der Waals surface area contributed by atoms with Gasteiger partial charge >= 0.3 is 0 Å². The van der Waals surface area contributed by atoms with Gasteiger partial charge in [-0.25, -0.2) is 0 Å². The van der Waals surface area contributed by atoms with E-state index in [9.17, 15) is 4.79 Å². The third kappa shape index (κ3) is 3.38. The minimum absolute atomic E-state index is 0.0304. The number of carbonyl (C=O) groups excluding carboxylic acids is 1. The topological polar surface area (TPSA) is 48.7 Å². The van der Waals surface area contributed by atoms with Crippen LogP contribution in [0.15, 0.2) is 16.5 Å². The van der Waals surface area contributed by atoms with Gasteiger partial charge in [0.1, 0.15) is 5.76 Å². The van der Waals surface area contributed by atoms with Crippen molar-refractivity contribution in [1.82, 2.24) is 15.1 Å². The first kappa shape index (κ1) is 16.2. The molecule has 2 heterocycles. The standard InChI is InChI=1S/C19H29N3O2/c1-21-9-11-22(12-10-21)13-15-6-8-18(24-15)19(23)20-17-7-5-14-3-2-4-16(14)17/h6,8,14,16-17H,2-5,7,9-13H2,1H3,(H,20,23)/t14-,16-,17-/m0/s1. The zero-order valence-electron chi connectivity index (χ0n) is 14.7. The van der Waals surface area contributed by atoms with Crippen LogP contribution in [0.2, 0.25) is 0 Å². The average molecular weight is 331 g/mol. The number of nitrogens with one attached hydrogen (secondary N) is 1. The van der Waals surface area contributed by atoms with Crippen LogP contribution in [0.25, 0.3) is 0 Å². The van der Waals surface area contributed by atoms with Gasteiger partial charge in [0, 0.05) is 32.2 Å². The van der Waals surface area contributed by atoms with Crippen LogP contribution in [0.1, 0.15) is 48.4 Å². The van der Waals surface area contributed by atoms with Gasteiger partial charge in [0.25, 0.3) is 5.91 Å². The molecule has 0 aromatic carbocycles. The summed E-state index contributed by atoms with van der Waals surface area (Å²) in [4.78, 5) is 17.2. The van der Waals surface area contributed by atoms with Gasteiger partial charge in [-0.1, -0.05) is 12.8 Å². The zero-order chi connectivity index (χ0) is 16.5. The molecule has 0 unspecified atom stereocenters. The SMILES string of the molecule is CN1CCN(Cc2ccc(C(=O)N[C@H]3CC[C@@H]4CCC[C@@H]43)o2)CC1. The molecule has 1 aromatic heterocycles. The molecule has 2 aliphatic carbocycles. The van der Waals surface area contributed by atoms with Crippen molar-refractivity contribution in [3.05, 3.63) is 23.7 Å². The van der Waals surface area contributed by atoms with Crippen LogP contribution in [-0.2, 0) is 6.54 Å². The number of hydrogen-bond acceptors (Lipinski definition) is 4. The van der Waals surface area contributed by atoms with Crippen LogP contribution in [0.5, 0.6) is 0 Å². The number of likely N-dealkylation sites (N-methyl/N-ethyl adjacent to an activating group) is 1. The number of carbonyl (C=O) groups is 1. The van der Waals surface area contributed by atoms with E-state index in [-0.39, 0.29) is 5.91 Å². The largest absolute Gasteiger partial charge is 0.455 e. The molecule has 3 aliphatic rings. The lowest BCUT2D eigenvalue weighted by atomic mass is 9.97. The molecule has 1 amide bonds. The molecule has 5 heteroatoms. The molecule has 3 atom stereocenters. The van der Waals surface area contributed by atoms with Crippen molar-refractivity contribution in [1.29, 1.82) is 0 Å². The molecule has 3 fully saturated rings. The Bertz CT molecular complexity index is 577. The number of rotatable bonds is 4. The van der Waals surface area contributed by atoms with Crippen LogP contribution in [0.4, 0.5) is 0 Å². The van der Waals surface area contributed by atoms with E-state index in [1.807, 2.05) is 12.1 Å². The lowest BCUT2D eigenvalue weighted by molar-refractivity contribution is 0.0891. The Hall–Kier alpha value is -1.33. The molecule has 2 saturated carbocycles. The van der Waals surface area contributed by atoms with Crippen LogP contribution >= 0.6 is 0 Å². The molecule has 1 N–H and O–H groups in total. The molecule has 1 saturated heterocycles. The highest BCUT2D eigenvalue weighted by atomic mass is 16.4. The van der Waals surface area contributed by atoms with Gasteiger partial charge in [-0.05, 0) is 50.3 Å². The number of furan rings is 1. The number of piperazine rings is 1. The number of fused-ring (bicyclic) bond motifs is 1. The minimum atomic E-state index is -0.0304. The van der Waals surface area contributed by atoms with Crippen LogP contribution < -0.4 is 5.32 Å². The number of nitrogens with zero attached hydrogens (tertiary/aromatic N) is 2. The van der Waals surface area contributed by atoms with E-state index in [1.54, 1.807) is 0 Å². The van der Waals surface area contributed by atoms with E-state index in [4.69, 9.17) is 4.42 Å². The van der Waals surface area contributed by atoms with E-state index in [1.165, 1.54) is 25.7 Å². The molecule has 24 heavy (non-hydrogen) atoms. The first-order chi connectivity index (χ1) is 11.7. The van der Waals surface area contributed by atoms with Gasteiger partial charge in [-0.3, -0.25) is 9.69 Å². The summed E-state index contributed by atoms with van der Waals surface area (Å²) >= 11 is 0. The second kappa shape index (κ2) is 6.89. The van der Waals surface area contributed by atoms with Gasteiger partial charge in [0.05, 0.1) is 6.54 Å². The summed E-state index contributed by atoms with van der Waals surface area (Å²) in [5.41, 5.74) is 0. The normalized spacial score (nSPS) is 31.3. The summed E-state index contributed by atoms with van der Waals surface area (Å²) in [5, 5.41) is 3.24. The van der Waals surface area contributed by atoms with Crippen molar-refractivity contribution in [3.8, 4) is 0 Å². The fraction of sp³-hybridized carbons (Fsp3) is 0.737. The van der Waals surface area contributed by atoms with Crippen molar-refractivity contribution in [2.45, 2.75) is 44.7 Å². The summed E-state index contributed by atoms with van der Waals surface area (Å²) in [5.74, 6) is 2.89. The summed E-state index contributed by atoms with van der Waals surface area (Å²) in [6.07, 6.45) is 6.38. The van der Waals surface area contributed by atoms with Crippen LogP contribution in [0.3, 0.4) is 0 Å². The average Bonchev–Trinajstić information content (AvgIpc) is 3.28. The molecule has 1 aliphatic heterocycles. The predicted octanol–water partition coefficient (Wildman–Crippen LogP) is 2.34. The molecular weight excluding hydrogens is 302 g/mol. The highest BCUT2D eigenvalue weighted by Crippen LogP contribution is 2.44. The van der Waals surface area contributed by atoms with Gasteiger partial charge in [-0.15, -0.1) is 0 Å². The van der Waals surface area contributed by atoms with Crippen molar-refractivity contribution >= 4 is 5.91 Å². The van der Waals surface area contributed by atoms with Crippen molar-refractivity contribution in [2.75, 3.05) is 33.2 Å². The molecule has 0 radical (unpaired) electrons. The van der Waals surface area contributed by atoms with Crippen LogP contribution in [-0.4, -0.2) is 55.0 Å². The van der Waals surface area contributed by atoms with Gasteiger partial charge in [0.15, 0.2) is 5.76 Å². The molecule has 1 aromatic rings. The van der Waals surface area contributed by atoms with Crippen molar-refractivity contribution < 1.29 is 9.21 Å². The summed E-state index contributed by atoms with van der Waals surface area (Å²) in [7, 11) is 2.16. The van der Waals surface area contributed by atoms with E-state index in [2.05, 4.69) is 22.2 Å². The van der Waals surface area contributed by atoms with Gasteiger partial charge < -0.3 is 14.6 Å². The predicted molar refractivity (Wildman–Crippen MR) is 92.8 cm³/mol. The Morgan fingerprint density at radius 2 is 2.00 bits per heavy atom. The lowest BCUT2D eigenvalue weighted by Crippen LogP contribution is -2.43. The fourth-order valence-corrected chi connectivity index (χ4v) is 4.79. The number of amides is 1. The maximum atomic E-state index is 12.5. The second-order valence-electron chi connectivity index (χ2n) is 7.86. The first-order valence-corrected chi connectivity index (χ1v) is 9.49. The molecule has 132 valence electrons. The van der Waals surface area contributed by atoms with E-state index in [0.717, 1.165) is 50.8 Å². The van der Waals surface area contributed by atoms with Crippen LogP contribution in [0, 0.1) is 11.8 Å². The first-order valence-electron chi connectivity index (χ1n) is 9.49. The highest BCUT2D eigenvalue weighted by Gasteiger charge is 2.39. The van der Waals surface area contributed by atoms with Crippen molar-refractivity contribution in [3.63, 3.8) is 0 Å². The minimum Gasteiger partial charge on any atom is -0.455 e. The third-order valence-corrected chi connectivity index (χ3v) is 6.26. The van der Waals surface area contributed by atoms with Crippen molar-refractivity contribution in [2.24, 2.45) is 11.8 Å². The third-order valence-electron chi connectivity index (χ3n) is 6.26. The van der Waals surface area contributed by atoms with E-state index < -0.39 is 0 Å². The van der Waals surface area contributed by atoms with E-state index >= 15 is 0 Å². The zero-order valence-corrected chi connectivity index (χ0v) is 14.7. The Kier molecular flexibility index (Phi) is 4.63. The Balaban J connectivity index is 1.32. The van der Waals surface area contributed by atoms with Gasteiger partial charge in [0.2, 0.25) is 0 Å². The Morgan fingerprint density at radius 3 is 2.83 bits per heavy atom. The Morgan fingerprint density at radius 1 is 1.17 bits per heavy atom. The lowest BCUT2D eigenvalue weighted by Gasteiger charge is -2.31. The Labute approximate surface area is 144 Å². The highest BCUT2D eigenvalue weighted by molar-refractivity contribution is 5.91. The molecule has 0 bridgehead atoms. The molecule has 0 spiro atoms. The maximum Gasteiger partial charge on any atom is 0.287 e. The summed E-state index contributed by atoms with van der Waals surface area (Å²) in [6.45, 7) is 5.11. The second-order valence-corrected chi connectivity index (χ2v) is 7.86. The molecular formula is C19H29N3O2. The maximum absolute atomic E-state index is 12.5. The van der Waals surface area contributed by atoms with Gasteiger partial charge in [-0.2, -0.15) is 0 Å². The van der Waals surface area contributed by atoms with E-state index in [0.29, 0.717) is 17.7 Å². The number of hydrogen-bond donors (Lipinski definition) is 1. The monoisotopic (exact) mass is 331 g/mol. The summed E-state index contributed by atoms with van der Waals surface area (Å²) < 4.78 is 5.83. The summed E-state index contributed by atoms with van der Waals surface area (Å²) in [6, 6.07) is 4.15. The quantitative estimate of drug-likeness (QED) is 0.920. The molecule has 5 nitrogen and oxygen atoms in total.